The van der Waals surface area contributed by atoms with Crippen LogP contribution in [-0.2, 0) is 4.74 Å². The minimum atomic E-state index is -1.26. The molecule has 0 saturated carbocycles. The normalized spacial score (nSPS) is 12.6. The van der Waals surface area contributed by atoms with Gasteiger partial charge < -0.3 is 9.84 Å². The zero-order valence-electron chi connectivity index (χ0n) is 11.0. The summed E-state index contributed by atoms with van der Waals surface area (Å²) in [4.78, 5) is 21.9. The van der Waals surface area contributed by atoms with Crippen LogP contribution in [-0.4, -0.2) is 22.3 Å². The number of carboxylic acid groups (broad SMARTS) is 1. The van der Waals surface area contributed by atoms with E-state index in [2.05, 4.69) is 0 Å². The van der Waals surface area contributed by atoms with Gasteiger partial charge in [0.1, 0.15) is 6.61 Å². The van der Waals surface area contributed by atoms with Crippen LogP contribution in [0.3, 0.4) is 0 Å². The molecule has 0 aliphatic heterocycles. The second-order valence-electron chi connectivity index (χ2n) is 4.66. The molecule has 0 bridgehead atoms. The summed E-state index contributed by atoms with van der Waals surface area (Å²) >= 11 is 0.156. The third kappa shape index (κ3) is 2.64. The maximum Gasteiger partial charge on any atom is 0.378 e. The molecular formula is C16H12O4S. The molecule has 0 unspecified atom stereocenters. The Morgan fingerprint density at radius 3 is 2.05 bits per heavy atom. The van der Waals surface area contributed by atoms with Gasteiger partial charge in [-0.05, 0) is 22.3 Å². The first-order valence-electron chi connectivity index (χ1n) is 6.42. The second kappa shape index (κ2) is 5.61. The highest BCUT2D eigenvalue weighted by molar-refractivity contribution is 8.25. The van der Waals surface area contributed by atoms with E-state index in [-0.39, 0.29) is 24.3 Å². The second-order valence-corrected chi connectivity index (χ2v) is 5.54. The van der Waals surface area contributed by atoms with E-state index >= 15 is 0 Å². The molecule has 1 aliphatic carbocycles. The lowest BCUT2D eigenvalue weighted by Gasteiger charge is -2.13. The van der Waals surface area contributed by atoms with E-state index in [1.165, 1.54) is 0 Å². The summed E-state index contributed by atoms with van der Waals surface area (Å²) in [5, 5.41) is 6.51. The predicted molar refractivity (Wildman–Crippen MR) is 80.7 cm³/mol. The molecule has 106 valence electrons. The van der Waals surface area contributed by atoms with Crippen LogP contribution in [0.1, 0.15) is 17.0 Å². The van der Waals surface area contributed by atoms with Crippen LogP contribution in [0.25, 0.3) is 11.1 Å². The first kappa shape index (κ1) is 13.7. The molecule has 5 heteroatoms. The minimum absolute atomic E-state index is 0.0456. The van der Waals surface area contributed by atoms with Crippen molar-refractivity contribution in [3.05, 3.63) is 59.7 Å². The zero-order valence-corrected chi connectivity index (χ0v) is 11.8. The SMILES string of the molecule is O=C(O)SC(=O)OCC1c2ccccc2-c2ccccc21. The van der Waals surface area contributed by atoms with Crippen molar-refractivity contribution in [2.24, 2.45) is 0 Å². The Balaban J connectivity index is 1.85. The molecule has 0 aromatic heterocycles. The average molecular weight is 300 g/mol. The molecule has 21 heavy (non-hydrogen) atoms. The Bertz CT molecular complexity index is 665. The van der Waals surface area contributed by atoms with E-state index in [4.69, 9.17) is 9.84 Å². The molecule has 0 amide bonds. The minimum Gasteiger partial charge on any atom is -0.473 e. The molecule has 0 saturated heterocycles. The van der Waals surface area contributed by atoms with Gasteiger partial charge in [-0.3, -0.25) is 0 Å². The summed E-state index contributed by atoms with van der Waals surface area (Å²) < 4.78 is 5.09. The molecule has 2 aromatic carbocycles. The monoisotopic (exact) mass is 300 g/mol. The Labute approximate surface area is 125 Å². The van der Waals surface area contributed by atoms with Gasteiger partial charge in [0.15, 0.2) is 0 Å². The number of fused-ring (bicyclic) bond motifs is 3. The largest absolute Gasteiger partial charge is 0.473 e. The number of carbonyl (C=O) groups excluding carboxylic acids is 1. The van der Waals surface area contributed by atoms with Gasteiger partial charge in [-0.1, -0.05) is 48.5 Å². The van der Waals surface area contributed by atoms with Crippen molar-refractivity contribution >= 4 is 22.4 Å². The van der Waals surface area contributed by atoms with Crippen molar-refractivity contribution in [3.8, 4) is 11.1 Å². The third-order valence-electron chi connectivity index (χ3n) is 3.50. The molecule has 4 nitrogen and oxygen atoms in total. The van der Waals surface area contributed by atoms with Gasteiger partial charge in [0.05, 0.1) is 11.8 Å². The third-order valence-corrected chi connectivity index (χ3v) is 3.96. The van der Waals surface area contributed by atoms with Crippen molar-refractivity contribution in [1.82, 2.24) is 0 Å². The van der Waals surface area contributed by atoms with Crippen molar-refractivity contribution in [3.63, 3.8) is 0 Å². The lowest BCUT2D eigenvalue weighted by molar-refractivity contribution is 0.171. The van der Waals surface area contributed by atoms with E-state index in [1.54, 1.807) is 0 Å². The highest BCUT2D eigenvalue weighted by Crippen LogP contribution is 2.44. The molecule has 1 aliphatic rings. The number of hydrogen-bond acceptors (Lipinski definition) is 4. The van der Waals surface area contributed by atoms with Crippen molar-refractivity contribution in [2.75, 3.05) is 6.61 Å². The number of thioether (sulfide) groups is 1. The van der Waals surface area contributed by atoms with E-state index < -0.39 is 10.6 Å². The standard InChI is InChI=1S/C16H12O4S/c17-15(18)21-16(19)20-9-14-12-7-3-1-5-10(12)11-6-2-4-8-13(11)14/h1-8,14H,9H2,(H,17,18). The maximum atomic E-state index is 11.4. The fourth-order valence-electron chi connectivity index (χ4n) is 2.69. The number of carbonyl (C=O) groups is 2. The lowest BCUT2D eigenvalue weighted by Crippen LogP contribution is -2.10. The van der Waals surface area contributed by atoms with E-state index in [0.29, 0.717) is 0 Å². The Morgan fingerprint density at radius 2 is 1.52 bits per heavy atom. The first-order valence-corrected chi connectivity index (χ1v) is 7.24. The summed E-state index contributed by atoms with van der Waals surface area (Å²) in [5.74, 6) is -0.0456. The quantitative estimate of drug-likeness (QED) is 0.835. The van der Waals surface area contributed by atoms with Gasteiger partial charge in [0, 0.05) is 5.92 Å². The molecular weight excluding hydrogens is 288 g/mol. The fourth-order valence-corrected chi connectivity index (χ4v) is 2.96. The summed E-state index contributed by atoms with van der Waals surface area (Å²) in [6, 6.07) is 16.0. The van der Waals surface area contributed by atoms with Crippen LogP contribution in [0.2, 0.25) is 0 Å². The van der Waals surface area contributed by atoms with Crippen LogP contribution in [0.5, 0.6) is 0 Å². The summed E-state index contributed by atoms with van der Waals surface area (Å²) in [6.07, 6.45) is 0. The Kier molecular flexibility index (Phi) is 3.66. The summed E-state index contributed by atoms with van der Waals surface area (Å²) in [5.41, 5.74) is 4.48. The van der Waals surface area contributed by atoms with Gasteiger partial charge in [0.2, 0.25) is 0 Å². The van der Waals surface area contributed by atoms with Gasteiger partial charge >= 0.3 is 10.6 Å². The number of rotatable bonds is 2. The van der Waals surface area contributed by atoms with E-state index in [1.807, 2.05) is 48.5 Å². The lowest BCUT2D eigenvalue weighted by atomic mass is 9.98. The molecule has 0 fully saturated rings. The van der Waals surface area contributed by atoms with Crippen molar-refractivity contribution in [2.45, 2.75) is 5.92 Å². The van der Waals surface area contributed by atoms with Crippen LogP contribution in [0, 0.1) is 0 Å². The van der Waals surface area contributed by atoms with Crippen LogP contribution in [0.15, 0.2) is 48.5 Å². The topological polar surface area (TPSA) is 63.6 Å². The predicted octanol–water partition coefficient (Wildman–Crippen LogP) is 4.35. The molecule has 0 radical (unpaired) electrons. The highest BCUT2D eigenvalue weighted by atomic mass is 32.2. The van der Waals surface area contributed by atoms with Gasteiger partial charge in [-0.25, -0.2) is 9.59 Å². The van der Waals surface area contributed by atoms with Crippen LogP contribution >= 0.6 is 11.8 Å². The van der Waals surface area contributed by atoms with Crippen LogP contribution in [0.4, 0.5) is 9.59 Å². The molecule has 1 N–H and O–H groups in total. The molecule has 0 heterocycles. The van der Waals surface area contributed by atoms with E-state index in [9.17, 15) is 9.59 Å². The molecule has 2 aromatic rings. The van der Waals surface area contributed by atoms with E-state index in [0.717, 1.165) is 22.3 Å². The fraction of sp³-hybridized carbons (Fsp3) is 0.125. The van der Waals surface area contributed by atoms with Crippen molar-refractivity contribution < 1.29 is 19.4 Å². The van der Waals surface area contributed by atoms with Crippen LogP contribution < -0.4 is 0 Å². The number of hydrogen-bond donors (Lipinski definition) is 1. The molecule has 0 atom stereocenters. The molecule has 3 rings (SSSR count). The van der Waals surface area contributed by atoms with Crippen molar-refractivity contribution in [1.29, 1.82) is 0 Å². The Hall–Kier alpha value is -2.27. The maximum absolute atomic E-state index is 11.4. The average Bonchev–Trinajstić information content (AvgIpc) is 2.79. The first-order chi connectivity index (χ1) is 10.2. The summed E-state index contributed by atoms with van der Waals surface area (Å²) in [6.45, 7) is 0.146. The highest BCUT2D eigenvalue weighted by Gasteiger charge is 2.29. The molecule has 0 spiro atoms. The smallest absolute Gasteiger partial charge is 0.378 e. The van der Waals surface area contributed by atoms with Gasteiger partial charge in [-0.2, -0.15) is 0 Å². The van der Waals surface area contributed by atoms with Gasteiger partial charge in [0.25, 0.3) is 0 Å². The number of ether oxygens (including phenoxy) is 1. The number of benzene rings is 2. The zero-order chi connectivity index (χ0) is 14.8. The Morgan fingerprint density at radius 1 is 1.00 bits per heavy atom. The van der Waals surface area contributed by atoms with Gasteiger partial charge in [-0.15, -0.1) is 0 Å². The summed E-state index contributed by atoms with van der Waals surface area (Å²) in [7, 11) is 0.